The molecule has 5 nitrogen and oxygen atoms in total. The number of hydrogen-bond acceptors (Lipinski definition) is 3. The number of carbonyl (C=O) groups excluding carboxylic acids is 1. The molecular formula is C21H40NO4+. The molecule has 0 aromatic heterocycles. The van der Waals surface area contributed by atoms with Crippen molar-refractivity contribution in [1.29, 1.82) is 0 Å². The lowest BCUT2D eigenvalue weighted by molar-refractivity contribution is -0.873. The molecule has 1 N–H and O–H groups in total. The standard InChI is InChI=1S/C21H39NO4/c1-5-6-7-8-9-10-11-12-13-14-15-16-21(25)26-19(17-20(23)24)18-22(2,3)4/h8-9,19H,5-7,10-18H2,1-4H3/p+1/b9-8+. The summed E-state index contributed by atoms with van der Waals surface area (Å²) in [7, 11) is 5.88. The first-order valence-corrected chi connectivity index (χ1v) is 10.1. The molecule has 1 atom stereocenters. The minimum Gasteiger partial charge on any atom is -0.481 e. The van der Waals surface area contributed by atoms with Gasteiger partial charge in [0, 0.05) is 6.42 Å². The van der Waals surface area contributed by atoms with Crippen molar-refractivity contribution in [2.75, 3.05) is 27.7 Å². The van der Waals surface area contributed by atoms with Gasteiger partial charge in [0.1, 0.15) is 6.54 Å². The lowest BCUT2D eigenvalue weighted by atomic mass is 10.1. The summed E-state index contributed by atoms with van der Waals surface area (Å²) in [6, 6.07) is 0. The fourth-order valence-electron chi connectivity index (χ4n) is 2.81. The third-order valence-corrected chi connectivity index (χ3v) is 4.09. The number of likely N-dealkylation sites (N-methyl/N-ethyl adjacent to an activating group) is 1. The Kier molecular flexibility index (Phi) is 14.0. The second-order valence-corrected chi connectivity index (χ2v) is 8.10. The molecule has 26 heavy (non-hydrogen) atoms. The molecule has 0 radical (unpaired) electrons. The SMILES string of the molecule is CCCC/C=C/CCCCCCCC(=O)OC(CC(=O)O)C[N+](C)(C)C. The number of carboxylic acids is 1. The van der Waals surface area contributed by atoms with E-state index in [2.05, 4.69) is 19.1 Å². The monoisotopic (exact) mass is 370 g/mol. The third-order valence-electron chi connectivity index (χ3n) is 4.09. The van der Waals surface area contributed by atoms with E-state index in [-0.39, 0.29) is 12.4 Å². The van der Waals surface area contributed by atoms with Crippen LogP contribution < -0.4 is 0 Å². The number of rotatable bonds is 16. The maximum absolute atomic E-state index is 11.9. The number of hydrogen-bond donors (Lipinski definition) is 1. The number of carbonyl (C=O) groups is 2. The number of nitrogens with zero attached hydrogens (tertiary/aromatic N) is 1. The van der Waals surface area contributed by atoms with Crippen molar-refractivity contribution in [3.63, 3.8) is 0 Å². The summed E-state index contributed by atoms with van der Waals surface area (Å²) < 4.78 is 5.95. The van der Waals surface area contributed by atoms with Crippen LogP contribution in [-0.2, 0) is 14.3 Å². The summed E-state index contributed by atoms with van der Waals surface area (Å²) in [6.07, 6.45) is 14.5. The number of carboxylic acid groups (broad SMARTS) is 1. The molecule has 0 aliphatic carbocycles. The normalized spacial score (nSPS) is 13.1. The van der Waals surface area contributed by atoms with Crippen LogP contribution in [0.15, 0.2) is 12.2 Å². The topological polar surface area (TPSA) is 63.6 Å². The molecule has 0 fully saturated rings. The van der Waals surface area contributed by atoms with E-state index in [1.165, 1.54) is 32.1 Å². The molecule has 0 aromatic rings. The van der Waals surface area contributed by atoms with Crippen LogP contribution in [0.3, 0.4) is 0 Å². The molecule has 0 aliphatic heterocycles. The summed E-state index contributed by atoms with van der Waals surface area (Å²) >= 11 is 0. The van der Waals surface area contributed by atoms with E-state index < -0.39 is 12.1 Å². The molecule has 0 spiro atoms. The lowest BCUT2D eigenvalue weighted by Gasteiger charge is -2.28. The Labute approximate surface area is 160 Å². The van der Waals surface area contributed by atoms with Crippen LogP contribution in [0.1, 0.15) is 77.6 Å². The largest absolute Gasteiger partial charge is 0.481 e. The fourth-order valence-corrected chi connectivity index (χ4v) is 2.81. The first-order chi connectivity index (χ1) is 12.2. The van der Waals surface area contributed by atoms with Gasteiger partial charge in [-0.1, -0.05) is 51.2 Å². The Morgan fingerprint density at radius 3 is 2.12 bits per heavy atom. The average molecular weight is 371 g/mol. The van der Waals surface area contributed by atoms with E-state index >= 15 is 0 Å². The maximum Gasteiger partial charge on any atom is 0.307 e. The van der Waals surface area contributed by atoms with E-state index in [1.54, 1.807) is 0 Å². The molecule has 0 rings (SSSR count). The van der Waals surface area contributed by atoms with Crippen molar-refractivity contribution in [2.45, 2.75) is 83.7 Å². The van der Waals surface area contributed by atoms with Crippen molar-refractivity contribution < 1.29 is 23.9 Å². The van der Waals surface area contributed by atoms with Crippen LogP contribution in [0.4, 0.5) is 0 Å². The molecule has 152 valence electrons. The highest BCUT2D eigenvalue weighted by Crippen LogP contribution is 2.11. The molecule has 0 bridgehead atoms. The molecule has 0 heterocycles. The fraction of sp³-hybridized carbons (Fsp3) is 0.810. The highest BCUT2D eigenvalue weighted by molar-refractivity contribution is 5.71. The van der Waals surface area contributed by atoms with Crippen molar-refractivity contribution >= 4 is 11.9 Å². The van der Waals surface area contributed by atoms with Gasteiger partial charge in [0.25, 0.3) is 0 Å². The van der Waals surface area contributed by atoms with E-state index in [1.807, 2.05) is 21.1 Å². The predicted molar refractivity (Wildman–Crippen MR) is 106 cm³/mol. The molecule has 5 heteroatoms. The Hall–Kier alpha value is -1.36. The quantitative estimate of drug-likeness (QED) is 0.187. The average Bonchev–Trinajstić information content (AvgIpc) is 2.50. The number of esters is 1. The van der Waals surface area contributed by atoms with E-state index in [0.717, 1.165) is 25.7 Å². The first-order valence-electron chi connectivity index (χ1n) is 10.1. The van der Waals surface area contributed by atoms with Gasteiger partial charge in [-0.05, 0) is 25.7 Å². The van der Waals surface area contributed by atoms with Gasteiger partial charge in [-0.2, -0.15) is 0 Å². The maximum atomic E-state index is 11.9. The smallest absolute Gasteiger partial charge is 0.307 e. The number of quaternary nitrogens is 1. The summed E-state index contributed by atoms with van der Waals surface area (Å²) in [5.74, 6) is -1.21. The molecule has 0 saturated carbocycles. The Balaban J connectivity index is 3.79. The Bertz CT molecular complexity index is 413. The van der Waals surface area contributed by atoms with Crippen LogP contribution >= 0.6 is 0 Å². The van der Waals surface area contributed by atoms with Crippen molar-refractivity contribution in [3.8, 4) is 0 Å². The number of aliphatic carboxylic acids is 1. The molecule has 0 saturated heterocycles. The van der Waals surface area contributed by atoms with Gasteiger partial charge in [0.05, 0.1) is 27.6 Å². The van der Waals surface area contributed by atoms with E-state index in [0.29, 0.717) is 17.4 Å². The lowest BCUT2D eigenvalue weighted by Crippen LogP contribution is -2.43. The van der Waals surface area contributed by atoms with E-state index in [4.69, 9.17) is 9.84 Å². The number of unbranched alkanes of at least 4 members (excludes halogenated alkanes) is 7. The van der Waals surface area contributed by atoms with Crippen LogP contribution in [0.25, 0.3) is 0 Å². The third kappa shape index (κ3) is 17.5. The van der Waals surface area contributed by atoms with Gasteiger partial charge in [-0.3, -0.25) is 9.59 Å². The summed E-state index contributed by atoms with van der Waals surface area (Å²) in [6.45, 7) is 2.71. The second kappa shape index (κ2) is 14.8. The minimum atomic E-state index is -0.931. The first kappa shape index (κ1) is 24.6. The van der Waals surface area contributed by atoms with Gasteiger partial charge in [0.15, 0.2) is 6.10 Å². The summed E-state index contributed by atoms with van der Waals surface area (Å²) in [5.41, 5.74) is 0. The summed E-state index contributed by atoms with van der Waals surface area (Å²) in [4.78, 5) is 22.9. The molecule has 1 unspecified atom stereocenters. The highest BCUT2D eigenvalue weighted by Gasteiger charge is 2.24. The number of ether oxygens (including phenoxy) is 1. The van der Waals surface area contributed by atoms with Crippen LogP contribution in [0.5, 0.6) is 0 Å². The Morgan fingerprint density at radius 2 is 1.54 bits per heavy atom. The van der Waals surface area contributed by atoms with Crippen LogP contribution in [0.2, 0.25) is 0 Å². The van der Waals surface area contributed by atoms with Gasteiger partial charge in [-0.25, -0.2) is 0 Å². The van der Waals surface area contributed by atoms with Crippen molar-refractivity contribution in [3.05, 3.63) is 12.2 Å². The van der Waals surface area contributed by atoms with Gasteiger partial charge < -0.3 is 14.3 Å². The zero-order valence-corrected chi connectivity index (χ0v) is 17.3. The van der Waals surface area contributed by atoms with Gasteiger partial charge in [-0.15, -0.1) is 0 Å². The second-order valence-electron chi connectivity index (χ2n) is 8.10. The van der Waals surface area contributed by atoms with Gasteiger partial charge in [0.2, 0.25) is 0 Å². The zero-order valence-electron chi connectivity index (χ0n) is 17.3. The van der Waals surface area contributed by atoms with Crippen molar-refractivity contribution in [2.24, 2.45) is 0 Å². The van der Waals surface area contributed by atoms with E-state index in [9.17, 15) is 9.59 Å². The highest BCUT2D eigenvalue weighted by atomic mass is 16.5. The summed E-state index contributed by atoms with van der Waals surface area (Å²) in [5, 5.41) is 8.97. The van der Waals surface area contributed by atoms with Gasteiger partial charge >= 0.3 is 11.9 Å². The van der Waals surface area contributed by atoms with Crippen LogP contribution in [-0.4, -0.2) is 55.3 Å². The molecule has 0 aliphatic rings. The minimum absolute atomic E-state index is 0.132. The molecular weight excluding hydrogens is 330 g/mol. The predicted octanol–water partition coefficient (Wildman–Crippen LogP) is 4.56. The number of allylic oxidation sites excluding steroid dienone is 2. The molecule has 0 aromatic carbocycles. The zero-order chi connectivity index (χ0) is 19.8. The van der Waals surface area contributed by atoms with Crippen LogP contribution in [0, 0.1) is 0 Å². The van der Waals surface area contributed by atoms with Crippen molar-refractivity contribution in [1.82, 2.24) is 0 Å². The Morgan fingerprint density at radius 1 is 0.962 bits per heavy atom. The molecule has 0 amide bonds.